The van der Waals surface area contributed by atoms with Gasteiger partial charge in [-0.05, 0) is 12.1 Å². The predicted molar refractivity (Wildman–Crippen MR) is 124 cm³/mol. The molecule has 0 radical (unpaired) electrons. The number of nitrogens with one attached hydrogen (secondary N) is 1. The zero-order chi connectivity index (χ0) is 21.5. The number of anilines is 1. The number of methoxy groups -OCH3 is 2. The maximum atomic E-state index is 5.42. The molecule has 0 saturated heterocycles. The van der Waals surface area contributed by atoms with Crippen LogP contribution in [-0.2, 0) is 0 Å². The third-order valence-corrected chi connectivity index (χ3v) is 4.65. The summed E-state index contributed by atoms with van der Waals surface area (Å²) in [6.07, 6.45) is 1.69. The minimum absolute atomic E-state index is 0.594. The van der Waals surface area contributed by atoms with Crippen molar-refractivity contribution in [2.24, 2.45) is 5.10 Å². The minimum Gasteiger partial charge on any atom is -0.497 e. The first-order chi connectivity index (χ1) is 15.3. The standard InChI is InChI=1S/C25H22N4O2/c1-30-21-14-13-20(23(15-21)31-2)17-26-29-24-16-22(18-9-5-3-6-10-18)27-25(28-24)19-11-7-4-8-12-19/h3-17H,1-2H3,(H,27,28,29). The molecule has 1 heterocycles. The van der Waals surface area contributed by atoms with Gasteiger partial charge in [0.05, 0.1) is 26.1 Å². The number of rotatable bonds is 7. The fraction of sp³-hybridized carbons (Fsp3) is 0.0800. The lowest BCUT2D eigenvalue weighted by Crippen LogP contribution is -2.00. The third-order valence-electron chi connectivity index (χ3n) is 4.65. The summed E-state index contributed by atoms with van der Waals surface area (Å²) in [6.45, 7) is 0. The number of hydrazone groups is 1. The molecule has 0 atom stereocenters. The van der Waals surface area contributed by atoms with E-state index in [-0.39, 0.29) is 0 Å². The SMILES string of the molecule is COc1ccc(C=NNc2cc(-c3ccccc3)nc(-c3ccccc3)n2)c(OC)c1. The fourth-order valence-corrected chi connectivity index (χ4v) is 3.07. The van der Waals surface area contributed by atoms with Crippen LogP contribution in [0, 0.1) is 0 Å². The molecule has 4 aromatic rings. The van der Waals surface area contributed by atoms with Crippen LogP contribution in [0.15, 0.2) is 90.0 Å². The summed E-state index contributed by atoms with van der Waals surface area (Å²) in [5.74, 6) is 2.61. The minimum atomic E-state index is 0.594. The van der Waals surface area contributed by atoms with Crippen LogP contribution in [0.3, 0.4) is 0 Å². The number of hydrogen-bond donors (Lipinski definition) is 1. The summed E-state index contributed by atoms with van der Waals surface area (Å²) in [5, 5.41) is 4.36. The van der Waals surface area contributed by atoms with E-state index >= 15 is 0 Å². The zero-order valence-electron chi connectivity index (χ0n) is 17.3. The molecule has 0 fully saturated rings. The van der Waals surface area contributed by atoms with Gasteiger partial charge in [0.1, 0.15) is 11.5 Å². The average Bonchev–Trinajstić information content (AvgIpc) is 2.85. The van der Waals surface area contributed by atoms with Crippen LogP contribution in [0.5, 0.6) is 11.5 Å². The van der Waals surface area contributed by atoms with Gasteiger partial charge in [-0.2, -0.15) is 5.10 Å². The highest BCUT2D eigenvalue weighted by Crippen LogP contribution is 2.25. The number of ether oxygens (including phenoxy) is 2. The molecule has 0 spiro atoms. The smallest absolute Gasteiger partial charge is 0.162 e. The van der Waals surface area contributed by atoms with E-state index in [1.54, 1.807) is 20.4 Å². The van der Waals surface area contributed by atoms with Gasteiger partial charge in [0.15, 0.2) is 11.6 Å². The van der Waals surface area contributed by atoms with Crippen LogP contribution in [0.25, 0.3) is 22.6 Å². The molecule has 0 saturated carbocycles. The molecule has 1 N–H and O–H groups in total. The van der Waals surface area contributed by atoms with E-state index in [9.17, 15) is 0 Å². The monoisotopic (exact) mass is 410 g/mol. The Morgan fingerprint density at radius 3 is 2.16 bits per heavy atom. The summed E-state index contributed by atoms with van der Waals surface area (Å²) < 4.78 is 10.7. The molecule has 154 valence electrons. The highest BCUT2D eigenvalue weighted by molar-refractivity contribution is 5.84. The van der Waals surface area contributed by atoms with Crippen LogP contribution in [0.1, 0.15) is 5.56 Å². The Hall–Kier alpha value is -4.19. The molecule has 4 rings (SSSR count). The quantitative estimate of drug-likeness (QED) is 0.332. The van der Waals surface area contributed by atoms with Gasteiger partial charge in [-0.1, -0.05) is 60.7 Å². The second-order valence-corrected chi connectivity index (χ2v) is 6.67. The average molecular weight is 410 g/mol. The van der Waals surface area contributed by atoms with E-state index in [0.29, 0.717) is 17.4 Å². The Labute approximate surface area is 181 Å². The van der Waals surface area contributed by atoms with Crippen LogP contribution in [0.2, 0.25) is 0 Å². The van der Waals surface area contributed by atoms with E-state index in [0.717, 1.165) is 28.1 Å². The lowest BCUT2D eigenvalue weighted by atomic mass is 10.1. The van der Waals surface area contributed by atoms with Crippen LogP contribution in [0.4, 0.5) is 5.82 Å². The molecular formula is C25H22N4O2. The lowest BCUT2D eigenvalue weighted by molar-refractivity contribution is 0.394. The molecule has 3 aromatic carbocycles. The van der Waals surface area contributed by atoms with Crippen molar-refractivity contribution in [3.63, 3.8) is 0 Å². The fourth-order valence-electron chi connectivity index (χ4n) is 3.07. The van der Waals surface area contributed by atoms with E-state index in [1.807, 2.05) is 84.9 Å². The van der Waals surface area contributed by atoms with Gasteiger partial charge in [0.2, 0.25) is 0 Å². The highest BCUT2D eigenvalue weighted by atomic mass is 16.5. The summed E-state index contributed by atoms with van der Waals surface area (Å²) >= 11 is 0. The van der Waals surface area contributed by atoms with Crippen molar-refractivity contribution in [3.8, 4) is 34.1 Å². The number of aromatic nitrogens is 2. The van der Waals surface area contributed by atoms with Crippen molar-refractivity contribution < 1.29 is 9.47 Å². The molecule has 0 amide bonds. The van der Waals surface area contributed by atoms with E-state index in [4.69, 9.17) is 14.5 Å². The van der Waals surface area contributed by atoms with E-state index < -0.39 is 0 Å². The maximum absolute atomic E-state index is 5.42. The summed E-state index contributed by atoms with van der Waals surface area (Å²) in [5.41, 5.74) is 6.59. The third kappa shape index (κ3) is 4.87. The molecule has 0 bridgehead atoms. The summed E-state index contributed by atoms with van der Waals surface area (Å²) in [4.78, 5) is 9.39. The van der Waals surface area contributed by atoms with Crippen molar-refractivity contribution in [2.45, 2.75) is 0 Å². The second kappa shape index (κ2) is 9.54. The van der Waals surface area contributed by atoms with Gasteiger partial charge in [-0.15, -0.1) is 0 Å². The number of benzene rings is 3. The summed E-state index contributed by atoms with van der Waals surface area (Å²) in [7, 11) is 3.23. The lowest BCUT2D eigenvalue weighted by Gasteiger charge is -2.09. The maximum Gasteiger partial charge on any atom is 0.162 e. The number of hydrogen-bond acceptors (Lipinski definition) is 6. The van der Waals surface area contributed by atoms with Gasteiger partial charge >= 0.3 is 0 Å². The first-order valence-electron chi connectivity index (χ1n) is 9.78. The first-order valence-corrected chi connectivity index (χ1v) is 9.78. The normalized spacial score (nSPS) is 10.8. The highest BCUT2D eigenvalue weighted by Gasteiger charge is 2.08. The first kappa shape index (κ1) is 20.1. The second-order valence-electron chi connectivity index (χ2n) is 6.67. The van der Waals surface area contributed by atoms with Gasteiger partial charge in [0, 0.05) is 28.8 Å². The van der Waals surface area contributed by atoms with Crippen molar-refractivity contribution in [1.82, 2.24) is 9.97 Å². The Balaban J connectivity index is 1.66. The van der Waals surface area contributed by atoms with Gasteiger partial charge in [-0.25, -0.2) is 9.97 Å². The Morgan fingerprint density at radius 2 is 1.48 bits per heavy atom. The molecule has 31 heavy (non-hydrogen) atoms. The van der Waals surface area contributed by atoms with Crippen LogP contribution < -0.4 is 14.9 Å². The molecule has 1 aromatic heterocycles. The molecule has 0 aliphatic carbocycles. The zero-order valence-corrected chi connectivity index (χ0v) is 17.3. The Bertz CT molecular complexity index is 1120. The van der Waals surface area contributed by atoms with Crippen molar-refractivity contribution in [2.75, 3.05) is 19.6 Å². The van der Waals surface area contributed by atoms with Crippen molar-refractivity contribution in [3.05, 3.63) is 90.5 Å². The van der Waals surface area contributed by atoms with Gasteiger partial charge < -0.3 is 9.47 Å². The topological polar surface area (TPSA) is 68.6 Å². The van der Waals surface area contributed by atoms with E-state index in [2.05, 4.69) is 15.5 Å². The summed E-state index contributed by atoms with van der Waals surface area (Å²) in [6, 6.07) is 27.3. The van der Waals surface area contributed by atoms with Gasteiger partial charge in [-0.3, -0.25) is 5.43 Å². The Kier molecular flexibility index (Phi) is 6.18. The number of nitrogens with zero attached hydrogens (tertiary/aromatic N) is 3. The van der Waals surface area contributed by atoms with Crippen molar-refractivity contribution in [1.29, 1.82) is 0 Å². The molecule has 6 nitrogen and oxygen atoms in total. The van der Waals surface area contributed by atoms with Crippen molar-refractivity contribution >= 4 is 12.0 Å². The Morgan fingerprint density at radius 1 is 0.774 bits per heavy atom. The molecule has 0 aliphatic rings. The molecule has 0 unspecified atom stereocenters. The predicted octanol–water partition coefficient (Wildman–Crippen LogP) is 5.27. The largest absolute Gasteiger partial charge is 0.497 e. The molecule has 6 heteroatoms. The molecule has 0 aliphatic heterocycles. The van der Waals surface area contributed by atoms with Gasteiger partial charge in [0.25, 0.3) is 0 Å². The van der Waals surface area contributed by atoms with E-state index in [1.165, 1.54) is 0 Å². The van der Waals surface area contributed by atoms with Crippen LogP contribution >= 0.6 is 0 Å². The molecular weight excluding hydrogens is 388 g/mol. The van der Waals surface area contributed by atoms with Crippen LogP contribution in [-0.4, -0.2) is 30.4 Å².